The molecule has 1 atom stereocenters. The minimum Gasteiger partial charge on any atom is -0.497 e. The first kappa shape index (κ1) is 28.4. The summed E-state index contributed by atoms with van der Waals surface area (Å²) < 4.78 is 17.8. The molecule has 0 aliphatic heterocycles. The lowest BCUT2D eigenvalue weighted by Crippen LogP contribution is -2.51. The van der Waals surface area contributed by atoms with Gasteiger partial charge in [-0.1, -0.05) is 36.4 Å². The molecule has 0 unspecified atom stereocenters. The van der Waals surface area contributed by atoms with Crippen LogP contribution in [-0.4, -0.2) is 53.7 Å². The number of hydrogen-bond donors (Lipinski definition) is 1. The number of carbonyl (C=O) groups is 2. The van der Waals surface area contributed by atoms with Crippen LogP contribution in [-0.2, 0) is 16.1 Å². The molecule has 1 N–H and O–H groups in total. The van der Waals surface area contributed by atoms with Crippen LogP contribution in [0.5, 0.6) is 17.2 Å². The molecular weight excluding hydrogens is 510 g/mol. The van der Waals surface area contributed by atoms with Crippen LogP contribution >= 0.6 is 0 Å². The number of benzene rings is 3. The van der Waals surface area contributed by atoms with Crippen molar-refractivity contribution >= 4 is 28.5 Å². The maximum absolute atomic E-state index is 14.2. The van der Waals surface area contributed by atoms with Crippen molar-refractivity contribution < 1.29 is 23.8 Å². The number of carbonyl (C=O) groups excluding carboxylic acids is 2. The van der Waals surface area contributed by atoms with Crippen LogP contribution < -0.4 is 24.4 Å². The molecule has 0 spiro atoms. The molecule has 10 heteroatoms. The molecule has 4 aromatic rings. The van der Waals surface area contributed by atoms with Crippen LogP contribution in [0.15, 0.2) is 66.7 Å². The Hall–Kier alpha value is -4.60. The van der Waals surface area contributed by atoms with Crippen molar-refractivity contribution in [3.8, 4) is 17.2 Å². The molecule has 40 heavy (non-hydrogen) atoms. The zero-order valence-electron chi connectivity index (χ0n) is 23.7. The highest BCUT2D eigenvalue weighted by Gasteiger charge is 2.36. The summed E-state index contributed by atoms with van der Waals surface area (Å²) in [5.41, 5.74) is 1.94. The van der Waals surface area contributed by atoms with Gasteiger partial charge in [-0.15, -0.1) is 5.10 Å². The number of fused-ring (bicyclic) bond motifs is 1. The second-order valence-electron chi connectivity index (χ2n) is 9.94. The van der Waals surface area contributed by atoms with Gasteiger partial charge < -0.3 is 19.5 Å². The molecule has 0 radical (unpaired) electrons. The molecule has 4 rings (SSSR count). The molecule has 0 bridgehead atoms. The Morgan fingerprint density at radius 3 is 2.30 bits per heavy atom. The average molecular weight is 546 g/mol. The Labute approximate surface area is 233 Å². The van der Waals surface area contributed by atoms with E-state index in [1.54, 1.807) is 49.6 Å². The molecule has 0 saturated carbocycles. The quantitative estimate of drug-likeness (QED) is 0.295. The molecule has 0 fully saturated rings. The Morgan fingerprint density at radius 2 is 1.65 bits per heavy atom. The van der Waals surface area contributed by atoms with Gasteiger partial charge in [0.15, 0.2) is 11.5 Å². The predicted octanol–water partition coefficient (Wildman–Crippen LogP) is 4.54. The van der Waals surface area contributed by atoms with Crippen LogP contribution in [0.4, 0.5) is 5.69 Å². The van der Waals surface area contributed by atoms with Crippen molar-refractivity contribution in [1.29, 1.82) is 0 Å². The van der Waals surface area contributed by atoms with Gasteiger partial charge in [-0.05, 0) is 62.2 Å². The molecule has 1 aromatic heterocycles. The van der Waals surface area contributed by atoms with Crippen molar-refractivity contribution in [3.05, 3.63) is 72.3 Å². The lowest BCUT2D eigenvalue weighted by molar-refractivity contribution is -0.128. The van der Waals surface area contributed by atoms with E-state index in [2.05, 4.69) is 15.6 Å². The summed E-state index contributed by atoms with van der Waals surface area (Å²) in [6.45, 7) is 5.74. The summed E-state index contributed by atoms with van der Waals surface area (Å²) in [4.78, 5) is 29.8. The van der Waals surface area contributed by atoms with Gasteiger partial charge in [0.2, 0.25) is 11.8 Å². The van der Waals surface area contributed by atoms with Crippen LogP contribution in [0.3, 0.4) is 0 Å². The first-order chi connectivity index (χ1) is 19.2. The number of aromatic nitrogens is 3. The summed E-state index contributed by atoms with van der Waals surface area (Å²) in [6, 6.07) is 18.6. The van der Waals surface area contributed by atoms with Crippen LogP contribution in [0, 0.1) is 0 Å². The van der Waals surface area contributed by atoms with E-state index in [0.717, 1.165) is 0 Å². The first-order valence-corrected chi connectivity index (χ1v) is 13.0. The van der Waals surface area contributed by atoms with Crippen molar-refractivity contribution in [2.45, 2.75) is 45.3 Å². The van der Waals surface area contributed by atoms with Crippen molar-refractivity contribution in [2.24, 2.45) is 0 Å². The number of para-hydroxylation sites is 1. The molecule has 2 amide bonds. The van der Waals surface area contributed by atoms with Gasteiger partial charge in [-0.3, -0.25) is 14.5 Å². The number of hydrogen-bond acceptors (Lipinski definition) is 7. The number of nitrogens with zero attached hydrogens (tertiary/aromatic N) is 4. The standard InChI is InChI=1S/C30H35N5O5/c1-7-30(2,3)31-29(37)28(20-12-15-22(38-4)16-13-20)35(21-14-17-25(39-5)26(18-21)40-6)27(36)19-34-24-11-9-8-10-23(24)32-33-34/h8-18,28H,7,19H2,1-6H3,(H,31,37)/t28-/m1/s1. The largest absolute Gasteiger partial charge is 0.497 e. The topological polar surface area (TPSA) is 108 Å². The van der Waals surface area contributed by atoms with Gasteiger partial charge >= 0.3 is 0 Å². The van der Waals surface area contributed by atoms with Crippen LogP contribution in [0.2, 0.25) is 0 Å². The van der Waals surface area contributed by atoms with E-state index in [1.807, 2.05) is 45.0 Å². The highest BCUT2D eigenvalue weighted by atomic mass is 16.5. The van der Waals surface area contributed by atoms with Gasteiger partial charge in [0.05, 0.1) is 26.8 Å². The fourth-order valence-electron chi connectivity index (χ4n) is 4.34. The van der Waals surface area contributed by atoms with Crippen molar-refractivity contribution in [3.63, 3.8) is 0 Å². The predicted molar refractivity (Wildman–Crippen MR) is 153 cm³/mol. The summed E-state index contributed by atoms with van der Waals surface area (Å²) in [7, 11) is 4.63. The third kappa shape index (κ3) is 6.01. The fourth-order valence-corrected chi connectivity index (χ4v) is 4.34. The smallest absolute Gasteiger partial charge is 0.249 e. The van der Waals surface area contributed by atoms with Crippen molar-refractivity contribution in [1.82, 2.24) is 20.3 Å². The Morgan fingerprint density at radius 1 is 0.950 bits per heavy atom. The average Bonchev–Trinajstić information content (AvgIpc) is 3.37. The van der Waals surface area contributed by atoms with Gasteiger partial charge in [0, 0.05) is 17.3 Å². The second-order valence-corrected chi connectivity index (χ2v) is 9.94. The van der Waals surface area contributed by atoms with Gasteiger partial charge in [0.1, 0.15) is 23.9 Å². The van der Waals surface area contributed by atoms with E-state index in [4.69, 9.17) is 14.2 Å². The van der Waals surface area contributed by atoms with E-state index in [1.165, 1.54) is 23.8 Å². The summed E-state index contributed by atoms with van der Waals surface area (Å²) in [5.74, 6) is 0.858. The minimum absolute atomic E-state index is 0.147. The molecule has 1 heterocycles. The third-order valence-electron chi connectivity index (χ3n) is 6.90. The number of amides is 2. The highest BCUT2D eigenvalue weighted by Crippen LogP contribution is 2.36. The number of nitrogens with one attached hydrogen (secondary N) is 1. The molecule has 0 aliphatic rings. The van der Waals surface area contributed by atoms with E-state index < -0.39 is 11.6 Å². The maximum atomic E-state index is 14.2. The number of ether oxygens (including phenoxy) is 3. The van der Waals surface area contributed by atoms with E-state index in [-0.39, 0.29) is 18.4 Å². The van der Waals surface area contributed by atoms with E-state index >= 15 is 0 Å². The molecule has 0 saturated heterocycles. The van der Waals surface area contributed by atoms with Gasteiger partial charge in [0.25, 0.3) is 0 Å². The Kier molecular flexibility index (Phi) is 8.57. The normalized spacial score (nSPS) is 12.1. The van der Waals surface area contributed by atoms with Gasteiger partial charge in [-0.25, -0.2) is 4.68 Å². The molecule has 3 aromatic carbocycles. The molecular formula is C30H35N5O5. The lowest BCUT2D eigenvalue weighted by atomic mass is 9.98. The monoisotopic (exact) mass is 545 g/mol. The molecule has 0 aliphatic carbocycles. The minimum atomic E-state index is -1.02. The number of anilines is 1. The third-order valence-corrected chi connectivity index (χ3v) is 6.90. The van der Waals surface area contributed by atoms with Crippen LogP contribution in [0.25, 0.3) is 11.0 Å². The first-order valence-electron chi connectivity index (χ1n) is 13.0. The number of rotatable bonds is 11. The molecule has 210 valence electrons. The fraction of sp³-hybridized carbons (Fsp3) is 0.333. The zero-order valence-corrected chi connectivity index (χ0v) is 23.7. The van der Waals surface area contributed by atoms with E-state index in [9.17, 15) is 9.59 Å². The zero-order chi connectivity index (χ0) is 28.9. The van der Waals surface area contributed by atoms with Crippen LogP contribution in [0.1, 0.15) is 38.8 Å². The SMILES string of the molecule is CCC(C)(C)NC(=O)[C@@H](c1ccc(OC)cc1)N(C(=O)Cn1nnc2ccccc21)c1ccc(OC)c(OC)c1. The second kappa shape index (κ2) is 12.1. The summed E-state index contributed by atoms with van der Waals surface area (Å²) in [5, 5.41) is 11.5. The van der Waals surface area contributed by atoms with E-state index in [0.29, 0.717) is 46.0 Å². The lowest BCUT2D eigenvalue weighted by Gasteiger charge is -2.35. The Bertz CT molecular complexity index is 1480. The maximum Gasteiger partial charge on any atom is 0.249 e. The van der Waals surface area contributed by atoms with Gasteiger partial charge in [-0.2, -0.15) is 0 Å². The Balaban J connectivity index is 1.87. The summed E-state index contributed by atoms with van der Waals surface area (Å²) in [6.07, 6.45) is 0.698. The highest BCUT2D eigenvalue weighted by molar-refractivity contribution is 6.02. The van der Waals surface area contributed by atoms with Crippen molar-refractivity contribution in [2.75, 3.05) is 26.2 Å². The summed E-state index contributed by atoms with van der Waals surface area (Å²) >= 11 is 0. The number of methoxy groups -OCH3 is 3. The molecule has 10 nitrogen and oxygen atoms in total.